The van der Waals surface area contributed by atoms with Crippen LogP contribution in [0, 0.1) is 13.8 Å². The summed E-state index contributed by atoms with van der Waals surface area (Å²) in [4.78, 5) is 14.1. The van der Waals surface area contributed by atoms with Crippen molar-refractivity contribution >= 4 is 22.6 Å². The second kappa shape index (κ2) is 8.65. The Kier molecular flexibility index (Phi) is 6.04. The van der Waals surface area contributed by atoms with Crippen LogP contribution in [-0.2, 0) is 0 Å². The van der Waals surface area contributed by atoms with Crippen molar-refractivity contribution in [3.63, 3.8) is 0 Å². The summed E-state index contributed by atoms with van der Waals surface area (Å²) in [6.45, 7) is 13.1. The first kappa shape index (κ1) is 19.5. The molecule has 0 saturated carbocycles. The topological polar surface area (TPSA) is 62.2 Å². The molecule has 0 aliphatic rings. The van der Waals surface area contributed by atoms with Crippen LogP contribution in [0.3, 0.4) is 0 Å². The maximum absolute atomic E-state index is 4.84. The van der Waals surface area contributed by atoms with Gasteiger partial charge in [-0.25, -0.2) is 9.97 Å². The van der Waals surface area contributed by atoms with Crippen molar-refractivity contribution in [1.82, 2.24) is 15.3 Å². The highest BCUT2D eigenvalue weighted by Crippen LogP contribution is 2.29. The Morgan fingerprint density at radius 2 is 1.75 bits per heavy atom. The Hall–Kier alpha value is -3.21. The molecule has 3 rings (SSSR count). The Morgan fingerprint density at radius 1 is 1.04 bits per heavy atom. The fourth-order valence-electron chi connectivity index (χ4n) is 3.16. The van der Waals surface area contributed by atoms with Crippen LogP contribution in [0.4, 0.5) is 5.82 Å². The van der Waals surface area contributed by atoms with E-state index >= 15 is 0 Å². The zero-order valence-corrected chi connectivity index (χ0v) is 17.0. The lowest BCUT2D eigenvalue weighted by Gasteiger charge is -2.15. The number of para-hydroxylation sites is 1. The van der Waals surface area contributed by atoms with Crippen LogP contribution in [0.25, 0.3) is 22.3 Å². The molecule has 0 aliphatic carbocycles. The van der Waals surface area contributed by atoms with Crippen molar-refractivity contribution in [3.8, 4) is 11.4 Å². The van der Waals surface area contributed by atoms with E-state index in [0.717, 1.165) is 52.2 Å². The molecule has 0 atom stereocenters. The van der Waals surface area contributed by atoms with E-state index in [1.165, 1.54) is 0 Å². The largest absolute Gasteiger partial charge is 0.331 e. The van der Waals surface area contributed by atoms with Crippen LogP contribution in [0.5, 0.6) is 0 Å². The molecule has 28 heavy (non-hydrogen) atoms. The zero-order chi connectivity index (χ0) is 20.1. The lowest BCUT2D eigenvalue weighted by molar-refractivity contribution is 0.917. The summed E-state index contributed by atoms with van der Waals surface area (Å²) in [7, 11) is 0. The molecule has 0 spiro atoms. The van der Waals surface area contributed by atoms with Gasteiger partial charge in [-0.05, 0) is 50.5 Å². The first-order valence-electron chi connectivity index (χ1n) is 9.57. The minimum atomic E-state index is 0.633. The van der Waals surface area contributed by atoms with Gasteiger partial charge in [-0.3, -0.25) is 4.99 Å². The van der Waals surface area contributed by atoms with E-state index in [9.17, 15) is 0 Å². The molecule has 0 bridgehead atoms. The first-order valence-corrected chi connectivity index (χ1v) is 9.57. The number of nitrogens with zero attached hydrogens (tertiary/aromatic N) is 3. The predicted octanol–water partition coefficient (Wildman–Crippen LogP) is 5.21. The van der Waals surface area contributed by atoms with Crippen LogP contribution in [-0.4, -0.2) is 22.3 Å². The smallest absolute Gasteiger partial charge is 0.162 e. The molecule has 0 aliphatic heterocycles. The van der Waals surface area contributed by atoms with E-state index in [1.54, 1.807) is 0 Å². The van der Waals surface area contributed by atoms with Gasteiger partial charge in [0.15, 0.2) is 5.82 Å². The number of aromatic nitrogens is 2. The lowest BCUT2D eigenvalue weighted by Crippen LogP contribution is -2.24. The number of nitrogens with one attached hydrogen (secondary N) is 2. The third-order valence-corrected chi connectivity index (χ3v) is 4.48. The second-order valence-corrected chi connectivity index (χ2v) is 6.88. The molecule has 5 heteroatoms. The molecular weight excluding hydrogens is 346 g/mol. The molecule has 2 N–H and O–H groups in total. The normalized spacial score (nSPS) is 11.5. The zero-order valence-electron chi connectivity index (χ0n) is 17.0. The standard InChI is InChI=1S/C23H27N5/c1-6-14-24-17(4)25-18(5)26-22-19-12-7-8-13-20(19)27-23(28-22)21-15(2)10-9-11-16(21)3/h7-13H,5-6,14H2,1-4H3,(H,24,25)(H,26,27,28). The van der Waals surface area contributed by atoms with Gasteiger partial charge in [-0.2, -0.15) is 0 Å². The van der Waals surface area contributed by atoms with Crippen LogP contribution in [0.2, 0.25) is 0 Å². The SMILES string of the molecule is C=C(NC(C)=NCCC)Nc1nc(-c2c(C)cccc2C)nc2ccccc12. The molecule has 0 radical (unpaired) electrons. The summed E-state index contributed by atoms with van der Waals surface area (Å²) < 4.78 is 0. The average Bonchev–Trinajstić information content (AvgIpc) is 2.66. The summed E-state index contributed by atoms with van der Waals surface area (Å²) in [5, 5.41) is 7.45. The van der Waals surface area contributed by atoms with Crippen molar-refractivity contribution in [2.45, 2.75) is 34.1 Å². The van der Waals surface area contributed by atoms with Crippen molar-refractivity contribution < 1.29 is 0 Å². The summed E-state index contributed by atoms with van der Waals surface area (Å²) in [6, 6.07) is 14.2. The number of benzene rings is 2. The molecule has 3 aromatic rings. The fraction of sp³-hybridized carbons (Fsp3) is 0.261. The number of aryl methyl sites for hydroxylation is 2. The summed E-state index contributed by atoms with van der Waals surface area (Å²) >= 11 is 0. The van der Waals surface area contributed by atoms with Gasteiger partial charge in [0.2, 0.25) is 0 Å². The third kappa shape index (κ3) is 4.36. The Labute approximate surface area is 166 Å². The number of aliphatic imine (C=N–C) groups is 1. The van der Waals surface area contributed by atoms with Gasteiger partial charge in [0.1, 0.15) is 11.6 Å². The van der Waals surface area contributed by atoms with Gasteiger partial charge in [-0.1, -0.05) is 43.8 Å². The van der Waals surface area contributed by atoms with Crippen LogP contribution in [0.15, 0.2) is 59.9 Å². The summed E-state index contributed by atoms with van der Waals surface area (Å²) in [6.07, 6.45) is 1.01. The maximum atomic E-state index is 4.84. The molecule has 2 aromatic carbocycles. The summed E-state index contributed by atoms with van der Waals surface area (Å²) in [5.74, 6) is 2.89. The van der Waals surface area contributed by atoms with Crippen LogP contribution < -0.4 is 10.6 Å². The minimum absolute atomic E-state index is 0.633. The van der Waals surface area contributed by atoms with E-state index < -0.39 is 0 Å². The molecule has 1 heterocycles. The van der Waals surface area contributed by atoms with E-state index in [-0.39, 0.29) is 0 Å². The van der Waals surface area contributed by atoms with Crippen molar-refractivity contribution in [2.75, 3.05) is 11.9 Å². The highest BCUT2D eigenvalue weighted by atomic mass is 15.2. The van der Waals surface area contributed by atoms with Gasteiger partial charge in [-0.15, -0.1) is 0 Å². The molecular formula is C23H27N5. The molecule has 0 saturated heterocycles. The maximum Gasteiger partial charge on any atom is 0.162 e. The first-order chi connectivity index (χ1) is 13.5. The number of amidine groups is 1. The van der Waals surface area contributed by atoms with E-state index in [2.05, 4.69) is 61.2 Å². The highest BCUT2D eigenvalue weighted by molar-refractivity contribution is 5.92. The van der Waals surface area contributed by atoms with Gasteiger partial charge < -0.3 is 10.6 Å². The van der Waals surface area contributed by atoms with Crippen molar-refractivity contribution in [2.24, 2.45) is 4.99 Å². The minimum Gasteiger partial charge on any atom is -0.331 e. The monoisotopic (exact) mass is 373 g/mol. The van der Waals surface area contributed by atoms with Crippen LogP contribution >= 0.6 is 0 Å². The number of fused-ring (bicyclic) bond motifs is 1. The quantitative estimate of drug-likeness (QED) is 0.460. The Balaban J connectivity index is 2.01. The molecule has 0 fully saturated rings. The van der Waals surface area contributed by atoms with Gasteiger partial charge >= 0.3 is 0 Å². The number of anilines is 1. The summed E-state index contributed by atoms with van der Waals surface area (Å²) in [5.41, 5.74) is 4.26. The molecule has 144 valence electrons. The third-order valence-electron chi connectivity index (χ3n) is 4.48. The Morgan fingerprint density at radius 3 is 2.46 bits per heavy atom. The molecule has 0 unspecified atom stereocenters. The number of hydrogen-bond donors (Lipinski definition) is 2. The van der Waals surface area contributed by atoms with E-state index in [0.29, 0.717) is 11.6 Å². The van der Waals surface area contributed by atoms with Gasteiger partial charge in [0.25, 0.3) is 0 Å². The molecule has 5 nitrogen and oxygen atoms in total. The highest BCUT2D eigenvalue weighted by Gasteiger charge is 2.13. The number of hydrogen-bond acceptors (Lipinski definition) is 4. The lowest BCUT2D eigenvalue weighted by atomic mass is 10.0. The van der Waals surface area contributed by atoms with Gasteiger partial charge in [0, 0.05) is 17.5 Å². The van der Waals surface area contributed by atoms with Crippen LogP contribution in [0.1, 0.15) is 31.4 Å². The Bertz CT molecular complexity index is 1020. The molecule has 1 aromatic heterocycles. The van der Waals surface area contributed by atoms with E-state index in [4.69, 9.17) is 9.97 Å². The van der Waals surface area contributed by atoms with Crippen molar-refractivity contribution in [1.29, 1.82) is 0 Å². The van der Waals surface area contributed by atoms with E-state index in [1.807, 2.05) is 31.2 Å². The second-order valence-electron chi connectivity index (χ2n) is 6.88. The predicted molar refractivity (Wildman–Crippen MR) is 119 cm³/mol. The van der Waals surface area contributed by atoms with Crippen molar-refractivity contribution in [3.05, 3.63) is 66.0 Å². The average molecular weight is 374 g/mol. The van der Waals surface area contributed by atoms with Gasteiger partial charge in [0.05, 0.1) is 11.4 Å². The number of rotatable bonds is 6. The fourth-order valence-corrected chi connectivity index (χ4v) is 3.16. The molecule has 0 amide bonds.